The van der Waals surface area contributed by atoms with Crippen LogP contribution in [0.3, 0.4) is 0 Å². The van der Waals surface area contributed by atoms with Gasteiger partial charge in [0.15, 0.2) is 0 Å². The molecule has 116 valence electrons. The fraction of sp³-hybridized carbons (Fsp3) is 0.533. The number of nitrogens with two attached hydrogens (primary N) is 1. The highest BCUT2D eigenvalue weighted by Crippen LogP contribution is 2.35. The van der Waals surface area contributed by atoms with E-state index in [9.17, 15) is 18.0 Å². The van der Waals surface area contributed by atoms with Crippen LogP contribution in [0.5, 0.6) is 0 Å². The van der Waals surface area contributed by atoms with Crippen LogP contribution >= 0.6 is 0 Å². The predicted octanol–water partition coefficient (Wildman–Crippen LogP) is 3.43. The monoisotopic (exact) mass is 300 g/mol. The first-order valence-electron chi connectivity index (χ1n) is 7.02. The quantitative estimate of drug-likeness (QED) is 0.840. The Labute approximate surface area is 121 Å². The number of nitrogen functional groups attached to an aromatic ring is 1. The van der Waals surface area contributed by atoms with Crippen LogP contribution in [-0.4, -0.2) is 18.1 Å². The summed E-state index contributed by atoms with van der Waals surface area (Å²) >= 11 is 0. The van der Waals surface area contributed by atoms with Crippen molar-refractivity contribution in [1.29, 1.82) is 0 Å². The van der Waals surface area contributed by atoms with E-state index in [0.717, 1.165) is 12.8 Å². The van der Waals surface area contributed by atoms with E-state index >= 15 is 0 Å². The number of halogens is 3. The Hall–Kier alpha value is -1.72. The van der Waals surface area contributed by atoms with Gasteiger partial charge in [0.1, 0.15) is 6.04 Å². The molecule has 0 radical (unpaired) electrons. The van der Waals surface area contributed by atoms with Crippen molar-refractivity contribution >= 4 is 11.6 Å². The smallest absolute Gasteiger partial charge is 0.399 e. The molecular formula is C15H19F3N2O. The topological polar surface area (TPSA) is 55.1 Å². The number of nitrogens with one attached hydrogen (secondary N) is 1. The highest BCUT2D eigenvalue weighted by Gasteiger charge is 2.46. The second kappa shape index (κ2) is 5.95. The SMILES string of the molecule is Cc1ccc(N)cc1C(=O)NC(C1CCCC1)C(F)(F)F. The summed E-state index contributed by atoms with van der Waals surface area (Å²) in [5, 5.41) is 2.16. The van der Waals surface area contributed by atoms with Gasteiger partial charge < -0.3 is 11.1 Å². The Bertz CT molecular complexity index is 522. The van der Waals surface area contributed by atoms with Gasteiger partial charge in [-0.1, -0.05) is 18.9 Å². The highest BCUT2D eigenvalue weighted by atomic mass is 19.4. The van der Waals surface area contributed by atoms with Crippen LogP contribution < -0.4 is 11.1 Å². The molecule has 1 unspecified atom stereocenters. The van der Waals surface area contributed by atoms with Crippen LogP contribution in [0, 0.1) is 12.8 Å². The van der Waals surface area contributed by atoms with E-state index in [2.05, 4.69) is 5.32 Å². The molecule has 6 heteroatoms. The maximum atomic E-state index is 13.2. The van der Waals surface area contributed by atoms with Crippen molar-refractivity contribution in [2.45, 2.75) is 44.8 Å². The minimum atomic E-state index is -4.43. The molecule has 2 rings (SSSR count). The zero-order valence-corrected chi connectivity index (χ0v) is 11.8. The summed E-state index contributed by atoms with van der Waals surface area (Å²) in [4.78, 5) is 12.2. The summed E-state index contributed by atoms with van der Waals surface area (Å²) in [5.74, 6) is -1.25. The van der Waals surface area contributed by atoms with Crippen molar-refractivity contribution in [2.24, 2.45) is 5.92 Å². The first kappa shape index (κ1) is 15.7. The molecule has 0 aromatic heterocycles. The maximum absolute atomic E-state index is 13.2. The van der Waals surface area contributed by atoms with Crippen LogP contribution in [0.15, 0.2) is 18.2 Å². The molecule has 1 aliphatic carbocycles. The van der Waals surface area contributed by atoms with Crippen LogP contribution in [0.1, 0.15) is 41.6 Å². The highest BCUT2D eigenvalue weighted by molar-refractivity contribution is 5.96. The Morgan fingerprint density at radius 2 is 1.95 bits per heavy atom. The largest absolute Gasteiger partial charge is 0.408 e. The molecular weight excluding hydrogens is 281 g/mol. The molecule has 1 saturated carbocycles. The molecule has 0 spiro atoms. The van der Waals surface area contributed by atoms with Gasteiger partial charge in [-0.25, -0.2) is 0 Å². The van der Waals surface area contributed by atoms with E-state index in [0.29, 0.717) is 24.1 Å². The van der Waals surface area contributed by atoms with Crippen molar-refractivity contribution in [3.63, 3.8) is 0 Å². The van der Waals surface area contributed by atoms with Gasteiger partial charge in [-0.2, -0.15) is 13.2 Å². The maximum Gasteiger partial charge on any atom is 0.408 e. The van der Waals surface area contributed by atoms with Crippen molar-refractivity contribution in [1.82, 2.24) is 5.32 Å². The fourth-order valence-electron chi connectivity index (χ4n) is 2.86. The van der Waals surface area contributed by atoms with E-state index in [1.165, 1.54) is 6.07 Å². The standard InChI is InChI=1S/C15H19F3N2O/c1-9-6-7-11(19)8-12(9)14(21)20-13(15(16,17)18)10-4-2-3-5-10/h6-8,10,13H,2-5,19H2,1H3,(H,20,21). The number of rotatable bonds is 3. The van der Waals surface area contributed by atoms with Gasteiger partial charge >= 0.3 is 6.18 Å². The molecule has 1 amide bonds. The number of amides is 1. The molecule has 3 nitrogen and oxygen atoms in total. The molecule has 1 aliphatic rings. The number of alkyl halides is 3. The molecule has 1 aromatic rings. The number of carbonyl (C=O) groups excluding carboxylic acids is 1. The van der Waals surface area contributed by atoms with Crippen LogP contribution in [0.4, 0.5) is 18.9 Å². The molecule has 0 heterocycles. The van der Waals surface area contributed by atoms with E-state index < -0.39 is 24.0 Å². The van der Waals surface area contributed by atoms with Gasteiger partial charge in [-0.15, -0.1) is 0 Å². The van der Waals surface area contributed by atoms with Crippen LogP contribution in [-0.2, 0) is 0 Å². The number of hydrogen-bond acceptors (Lipinski definition) is 2. The Morgan fingerprint density at radius 3 is 2.52 bits per heavy atom. The Kier molecular flexibility index (Phi) is 4.44. The molecule has 0 bridgehead atoms. The molecule has 1 atom stereocenters. The normalized spacial score (nSPS) is 17.7. The molecule has 21 heavy (non-hydrogen) atoms. The first-order chi connectivity index (χ1) is 9.79. The lowest BCUT2D eigenvalue weighted by Crippen LogP contribution is -2.49. The van der Waals surface area contributed by atoms with Gasteiger partial charge in [0.2, 0.25) is 0 Å². The van der Waals surface area contributed by atoms with E-state index in [1.54, 1.807) is 19.1 Å². The zero-order valence-electron chi connectivity index (χ0n) is 11.8. The summed E-state index contributed by atoms with van der Waals surface area (Å²) in [6.45, 7) is 1.67. The lowest BCUT2D eigenvalue weighted by Gasteiger charge is -2.27. The second-order valence-electron chi connectivity index (χ2n) is 5.61. The third kappa shape index (κ3) is 3.68. The average Bonchev–Trinajstić information content (AvgIpc) is 2.90. The van der Waals surface area contributed by atoms with Crippen molar-refractivity contribution in [3.05, 3.63) is 29.3 Å². The van der Waals surface area contributed by atoms with Gasteiger partial charge in [0.25, 0.3) is 5.91 Å². The van der Waals surface area contributed by atoms with Crippen molar-refractivity contribution in [2.75, 3.05) is 5.73 Å². The summed E-state index contributed by atoms with van der Waals surface area (Å²) in [7, 11) is 0. The van der Waals surface area contributed by atoms with Gasteiger partial charge in [-0.3, -0.25) is 4.79 Å². The van der Waals surface area contributed by atoms with E-state index in [1.807, 2.05) is 0 Å². The molecule has 0 saturated heterocycles. The first-order valence-corrected chi connectivity index (χ1v) is 7.02. The van der Waals surface area contributed by atoms with Crippen LogP contribution in [0.2, 0.25) is 0 Å². The lowest BCUT2D eigenvalue weighted by molar-refractivity contribution is -0.164. The predicted molar refractivity (Wildman–Crippen MR) is 74.9 cm³/mol. The second-order valence-corrected chi connectivity index (χ2v) is 5.61. The average molecular weight is 300 g/mol. The lowest BCUT2D eigenvalue weighted by atomic mass is 9.96. The number of anilines is 1. The summed E-state index contributed by atoms with van der Waals surface area (Å²) < 4.78 is 39.6. The van der Waals surface area contributed by atoms with Crippen molar-refractivity contribution < 1.29 is 18.0 Å². The third-order valence-electron chi connectivity index (χ3n) is 4.02. The molecule has 1 fully saturated rings. The third-order valence-corrected chi connectivity index (χ3v) is 4.02. The molecule has 0 aliphatic heterocycles. The molecule has 1 aromatic carbocycles. The number of aryl methyl sites for hydroxylation is 1. The molecule has 3 N–H and O–H groups in total. The van der Waals surface area contributed by atoms with E-state index in [-0.39, 0.29) is 5.56 Å². The number of carbonyl (C=O) groups is 1. The van der Waals surface area contributed by atoms with E-state index in [4.69, 9.17) is 5.73 Å². The summed E-state index contributed by atoms with van der Waals surface area (Å²) in [5.41, 5.74) is 6.76. The van der Waals surface area contributed by atoms with Gasteiger partial charge in [0, 0.05) is 11.3 Å². The fourth-order valence-corrected chi connectivity index (χ4v) is 2.86. The van der Waals surface area contributed by atoms with Crippen molar-refractivity contribution in [3.8, 4) is 0 Å². The summed E-state index contributed by atoms with van der Waals surface area (Å²) in [6.07, 6.45) is -1.87. The number of benzene rings is 1. The minimum absolute atomic E-state index is 0.197. The zero-order chi connectivity index (χ0) is 15.6. The Morgan fingerprint density at radius 1 is 1.33 bits per heavy atom. The minimum Gasteiger partial charge on any atom is -0.399 e. The van der Waals surface area contributed by atoms with Gasteiger partial charge in [0.05, 0.1) is 0 Å². The Balaban J connectivity index is 2.19. The number of hydrogen-bond donors (Lipinski definition) is 2. The summed E-state index contributed by atoms with van der Waals surface area (Å²) in [6, 6.07) is 2.87. The van der Waals surface area contributed by atoms with Gasteiger partial charge in [-0.05, 0) is 43.4 Å². The van der Waals surface area contributed by atoms with Crippen LogP contribution in [0.25, 0.3) is 0 Å².